The average Bonchev–Trinajstić information content (AvgIpc) is 2.50. The molecule has 0 spiro atoms. The Labute approximate surface area is 102 Å². The number of fused-ring (bicyclic) bond motifs is 1. The van der Waals surface area contributed by atoms with Crippen LogP contribution in [0.15, 0.2) is 6.07 Å². The molecule has 2 rings (SSSR count). The van der Waals surface area contributed by atoms with Gasteiger partial charge in [0, 0.05) is 25.2 Å². The van der Waals surface area contributed by atoms with Gasteiger partial charge in [0.25, 0.3) is 0 Å². The van der Waals surface area contributed by atoms with E-state index in [1.54, 1.807) is 14.0 Å². The lowest BCUT2D eigenvalue weighted by Crippen LogP contribution is -2.20. The van der Waals surface area contributed by atoms with Gasteiger partial charge < -0.3 is 9.64 Å². The van der Waals surface area contributed by atoms with E-state index in [1.807, 2.05) is 6.07 Å². The number of likely N-dealkylation sites (N-methyl/N-ethyl adjacent to an activating group) is 1. The lowest BCUT2D eigenvalue weighted by Gasteiger charge is -2.10. The molecule has 92 valence electrons. The van der Waals surface area contributed by atoms with Gasteiger partial charge in [0.05, 0.1) is 12.7 Å². The first kappa shape index (κ1) is 12.0. The summed E-state index contributed by atoms with van der Waals surface area (Å²) in [5, 5.41) is 0. The van der Waals surface area contributed by atoms with Crippen molar-refractivity contribution in [1.82, 2.24) is 9.88 Å². The summed E-state index contributed by atoms with van der Waals surface area (Å²) in [5.41, 5.74) is 2.84. The summed E-state index contributed by atoms with van der Waals surface area (Å²) in [5.74, 6) is 0.468. The highest BCUT2D eigenvalue weighted by molar-refractivity contribution is 5.96. The first-order valence-corrected chi connectivity index (χ1v) is 5.88. The van der Waals surface area contributed by atoms with Crippen LogP contribution in [0.5, 0.6) is 5.88 Å². The number of hydrogen-bond acceptors (Lipinski definition) is 4. The normalized spacial score (nSPS) is 16.2. The monoisotopic (exact) mass is 234 g/mol. The van der Waals surface area contributed by atoms with Gasteiger partial charge in [0.2, 0.25) is 5.88 Å². The average molecular weight is 234 g/mol. The maximum absolute atomic E-state index is 11.5. The molecule has 4 nitrogen and oxygen atoms in total. The van der Waals surface area contributed by atoms with E-state index in [0.717, 1.165) is 31.6 Å². The summed E-state index contributed by atoms with van der Waals surface area (Å²) < 4.78 is 5.19. The van der Waals surface area contributed by atoms with Gasteiger partial charge in [-0.1, -0.05) is 0 Å². The standard InChI is InChI=1S/C13H18N2O2/c1-9(16)11-8-10-4-6-15(2)7-5-12(10)14-13(11)17-3/h8H,4-7H2,1-3H3. The Kier molecular flexibility index (Phi) is 3.43. The summed E-state index contributed by atoms with van der Waals surface area (Å²) in [4.78, 5) is 18.3. The molecule has 1 aliphatic rings. The summed E-state index contributed by atoms with van der Waals surface area (Å²) in [6.07, 6.45) is 1.86. The Morgan fingerprint density at radius 1 is 1.41 bits per heavy atom. The molecule has 17 heavy (non-hydrogen) atoms. The van der Waals surface area contributed by atoms with E-state index in [9.17, 15) is 4.79 Å². The Morgan fingerprint density at radius 3 is 2.76 bits per heavy atom. The molecule has 0 amide bonds. The predicted octanol–water partition coefficient (Wildman–Crippen LogP) is 1.32. The zero-order valence-corrected chi connectivity index (χ0v) is 10.6. The fraction of sp³-hybridized carbons (Fsp3) is 0.538. The third-order valence-electron chi connectivity index (χ3n) is 3.22. The van der Waals surface area contributed by atoms with E-state index in [2.05, 4.69) is 16.9 Å². The topological polar surface area (TPSA) is 42.4 Å². The minimum Gasteiger partial charge on any atom is -0.480 e. The number of carbonyl (C=O) groups is 1. The zero-order chi connectivity index (χ0) is 12.4. The first-order chi connectivity index (χ1) is 8.11. The Hall–Kier alpha value is -1.42. The Balaban J connectivity index is 2.44. The molecule has 0 unspecified atom stereocenters. The van der Waals surface area contributed by atoms with Crippen LogP contribution >= 0.6 is 0 Å². The van der Waals surface area contributed by atoms with Crippen molar-refractivity contribution in [3.63, 3.8) is 0 Å². The van der Waals surface area contributed by atoms with Gasteiger partial charge in [-0.15, -0.1) is 0 Å². The fourth-order valence-corrected chi connectivity index (χ4v) is 2.13. The van der Waals surface area contributed by atoms with E-state index in [4.69, 9.17) is 4.74 Å². The van der Waals surface area contributed by atoms with Gasteiger partial charge in [0.1, 0.15) is 0 Å². The molecule has 0 bridgehead atoms. The predicted molar refractivity (Wildman–Crippen MR) is 65.7 cm³/mol. The highest BCUT2D eigenvalue weighted by Gasteiger charge is 2.18. The van der Waals surface area contributed by atoms with Gasteiger partial charge in [0.15, 0.2) is 5.78 Å². The molecule has 1 aromatic rings. The van der Waals surface area contributed by atoms with Crippen molar-refractivity contribution in [3.8, 4) is 5.88 Å². The third-order valence-corrected chi connectivity index (χ3v) is 3.22. The van der Waals surface area contributed by atoms with Crippen LogP contribution in [0.1, 0.15) is 28.5 Å². The minimum atomic E-state index is 0.00903. The Morgan fingerprint density at radius 2 is 2.12 bits per heavy atom. The van der Waals surface area contributed by atoms with Gasteiger partial charge in [-0.2, -0.15) is 0 Å². The molecule has 1 aliphatic heterocycles. The molecular formula is C13H18N2O2. The molecule has 0 saturated heterocycles. The number of Topliss-reactive ketones (excluding diaryl/α,β-unsaturated/α-hetero) is 1. The summed E-state index contributed by atoms with van der Waals surface area (Å²) in [6, 6.07) is 1.95. The maximum atomic E-state index is 11.5. The number of aromatic nitrogens is 1. The number of methoxy groups -OCH3 is 1. The highest BCUT2D eigenvalue weighted by Crippen LogP contribution is 2.23. The number of pyridine rings is 1. The number of hydrogen-bond donors (Lipinski definition) is 0. The SMILES string of the molecule is COc1nc2c(cc1C(C)=O)CCN(C)CC2. The molecule has 0 N–H and O–H groups in total. The van der Waals surface area contributed by atoms with Crippen LogP contribution in [0.2, 0.25) is 0 Å². The second-order valence-corrected chi connectivity index (χ2v) is 4.51. The molecule has 0 radical (unpaired) electrons. The largest absolute Gasteiger partial charge is 0.480 e. The summed E-state index contributed by atoms with van der Waals surface area (Å²) in [7, 11) is 3.67. The second-order valence-electron chi connectivity index (χ2n) is 4.51. The number of nitrogens with zero attached hydrogens (tertiary/aromatic N) is 2. The van der Waals surface area contributed by atoms with E-state index in [-0.39, 0.29) is 5.78 Å². The van der Waals surface area contributed by atoms with Crippen LogP contribution in [0.3, 0.4) is 0 Å². The molecule has 1 aromatic heterocycles. The molecular weight excluding hydrogens is 216 g/mol. The smallest absolute Gasteiger partial charge is 0.224 e. The number of carbonyl (C=O) groups excluding carboxylic acids is 1. The van der Waals surface area contributed by atoms with Crippen molar-refractivity contribution >= 4 is 5.78 Å². The van der Waals surface area contributed by atoms with Gasteiger partial charge in [-0.25, -0.2) is 4.98 Å². The van der Waals surface area contributed by atoms with E-state index in [1.165, 1.54) is 5.56 Å². The molecule has 4 heteroatoms. The van der Waals surface area contributed by atoms with E-state index >= 15 is 0 Å². The quantitative estimate of drug-likeness (QED) is 0.724. The van der Waals surface area contributed by atoms with Crippen LogP contribution in [0.25, 0.3) is 0 Å². The zero-order valence-electron chi connectivity index (χ0n) is 10.6. The minimum absolute atomic E-state index is 0.00903. The highest BCUT2D eigenvalue weighted by atomic mass is 16.5. The number of ketones is 1. The third kappa shape index (κ3) is 2.47. The van der Waals surface area contributed by atoms with Gasteiger partial charge in [-0.3, -0.25) is 4.79 Å². The number of ether oxygens (including phenoxy) is 1. The van der Waals surface area contributed by atoms with Gasteiger partial charge in [-0.05, 0) is 32.0 Å². The fourth-order valence-electron chi connectivity index (χ4n) is 2.13. The van der Waals surface area contributed by atoms with Crippen LogP contribution in [-0.2, 0) is 12.8 Å². The van der Waals surface area contributed by atoms with Gasteiger partial charge >= 0.3 is 0 Å². The van der Waals surface area contributed by atoms with Crippen molar-refractivity contribution in [2.75, 3.05) is 27.2 Å². The first-order valence-electron chi connectivity index (χ1n) is 5.88. The molecule has 0 aliphatic carbocycles. The number of rotatable bonds is 2. The second kappa shape index (κ2) is 4.84. The molecule has 0 fully saturated rings. The van der Waals surface area contributed by atoms with Crippen LogP contribution < -0.4 is 4.74 Å². The lowest BCUT2D eigenvalue weighted by molar-refractivity contribution is 0.101. The molecule has 0 atom stereocenters. The van der Waals surface area contributed by atoms with Crippen molar-refractivity contribution in [3.05, 3.63) is 22.9 Å². The summed E-state index contributed by atoms with van der Waals surface area (Å²) in [6.45, 7) is 3.57. The van der Waals surface area contributed by atoms with Crippen molar-refractivity contribution in [1.29, 1.82) is 0 Å². The van der Waals surface area contributed by atoms with Crippen molar-refractivity contribution in [2.45, 2.75) is 19.8 Å². The molecule has 0 aromatic carbocycles. The van der Waals surface area contributed by atoms with Crippen LogP contribution in [0.4, 0.5) is 0 Å². The van der Waals surface area contributed by atoms with Crippen LogP contribution in [0, 0.1) is 0 Å². The maximum Gasteiger partial charge on any atom is 0.224 e. The van der Waals surface area contributed by atoms with Crippen molar-refractivity contribution < 1.29 is 9.53 Å². The van der Waals surface area contributed by atoms with Crippen molar-refractivity contribution in [2.24, 2.45) is 0 Å². The van der Waals surface area contributed by atoms with E-state index in [0.29, 0.717) is 11.4 Å². The lowest BCUT2D eigenvalue weighted by atomic mass is 10.0. The molecule has 0 saturated carbocycles. The summed E-state index contributed by atoms with van der Waals surface area (Å²) >= 11 is 0. The Bertz CT molecular complexity index is 443. The van der Waals surface area contributed by atoms with Crippen LogP contribution in [-0.4, -0.2) is 42.9 Å². The molecule has 2 heterocycles. The van der Waals surface area contributed by atoms with E-state index < -0.39 is 0 Å².